The van der Waals surface area contributed by atoms with Crippen LogP contribution in [0.2, 0.25) is 0 Å². The molecule has 1 aliphatic carbocycles. The topological polar surface area (TPSA) is 78.9 Å². The Morgan fingerprint density at radius 3 is 2.85 bits per heavy atom. The number of hydrogen-bond donors (Lipinski definition) is 2. The molecule has 7 nitrogen and oxygen atoms in total. The summed E-state index contributed by atoms with van der Waals surface area (Å²) in [6, 6.07) is 5.93. The fraction of sp³-hybridized carbons (Fsp3) is 0.650. The largest absolute Gasteiger partial charge is 0.481 e. The van der Waals surface area contributed by atoms with Crippen LogP contribution in [0.3, 0.4) is 0 Å². The van der Waals surface area contributed by atoms with Gasteiger partial charge < -0.3 is 20.3 Å². The van der Waals surface area contributed by atoms with E-state index in [9.17, 15) is 4.79 Å². The van der Waals surface area contributed by atoms with Gasteiger partial charge in [-0.3, -0.25) is 9.79 Å². The van der Waals surface area contributed by atoms with Crippen LogP contribution >= 0.6 is 0 Å². The van der Waals surface area contributed by atoms with E-state index in [2.05, 4.69) is 20.6 Å². The van der Waals surface area contributed by atoms with E-state index in [0.29, 0.717) is 18.3 Å². The van der Waals surface area contributed by atoms with Crippen LogP contribution in [-0.2, 0) is 11.3 Å². The molecule has 1 saturated heterocycles. The summed E-state index contributed by atoms with van der Waals surface area (Å²) in [5.41, 5.74) is 0.887. The number of methoxy groups -OCH3 is 1. The molecule has 0 radical (unpaired) electrons. The molecule has 7 heteroatoms. The van der Waals surface area contributed by atoms with Crippen molar-refractivity contribution in [2.75, 3.05) is 27.2 Å². The Bertz CT molecular complexity index is 658. The Hall–Kier alpha value is -2.31. The molecule has 1 saturated carbocycles. The van der Waals surface area contributed by atoms with Gasteiger partial charge in [0, 0.05) is 38.2 Å². The van der Waals surface area contributed by atoms with E-state index in [1.54, 1.807) is 14.2 Å². The minimum atomic E-state index is 0.238. The summed E-state index contributed by atoms with van der Waals surface area (Å²) in [5, 5.41) is 6.73. The molecule has 0 bridgehead atoms. The molecule has 2 fully saturated rings. The predicted molar refractivity (Wildman–Crippen MR) is 106 cm³/mol. The van der Waals surface area contributed by atoms with Crippen LogP contribution < -0.4 is 15.4 Å². The molecular weight excluding hydrogens is 342 g/mol. The first-order valence-electron chi connectivity index (χ1n) is 9.95. The van der Waals surface area contributed by atoms with E-state index in [4.69, 9.17) is 4.74 Å². The number of likely N-dealkylation sites (tertiary alicyclic amines) is 1. The van der Waals surface area contributed by atoms with Crippen molar-refractivity contribution in [1.82, 2.24) is 20.5 Å². The standard InChI is InChI=1S/C20H31N5O2/c1-21-20(22-13-16-9-6-10-18(23-16)27-2)24-17-11-12-25(14-17)19(26)15-7-4-3-5-8-15/h6,9-10,15,17H,3-5,7-8,11-14H2,1-2H3,(H2,21,22,24). The molecule has 2 N–H and O–H groups in total. The van der Waals surface area contributed by atoms with Crippen molar-refractivity contribution in [1.29, 1.82) is 0 Å². The van der Waals surface area contributed by atoms with Crippen LogP contribution in [-0.4, -0.2) is 55.0 Å². The van der Waals surface area contributed by atoms with Gasteiger partial charge in [-0.05, 0) is 25.3 Å². The summed E-state index contributed by atoms with van der Waals surface area (Å²) in [4.78, 5) is 23.4. The monoisotopic (exact) mass is 373 g/mol. The first kappa shape index (κ1) is 19.5. The van der Waals surface area contributed by atoms with Crippen LogP contribution in [0.15, 0.2) is 23.2 Å². The highest BCUT2D eigenvalue weighted by Crippen LogP contribution is 2.26. The zero-order chi connectivity index (χ0) is 19.1. The molecule has 1 atom stereocenters. The molecule has 0 aromatic carbocycles. The molecular formula is C20H31N5O2. The Kier molecular flexibility index (Phi) is 6.90. The maximum Gasteiger partial charge on any atom is 0.225 e. The van der Waals surface area contributed by atoms with Crippen molar-refractivity contribution in [2.24, 2.45) is 10.9 Å². The maximum atomic E-state index is 12.7. The van der Waals surface area contributed by atoms with Gasteiger partial charge in [-0.1, -0.05) is 25.3 Å². The molecule has 1 unspecified atom stereocenters. The number of carbonyl (C=O) groups excluding carboxylic acids is 1. The van der Waals surface area contributed by atoms with E-state index in [0.717, 1.165) is 44.0 Å². The van der Waals surface area contributed by atoms with E-state index < -0.39 is 0 Å². The molecule has 0 spiro atoms. The minimum absolute atomic E-state index is 0.238. The first-order chi connectivity index (χ1) is 13.2. The van der Waals surface area contributed by atoms with Gasteiger partial charge in [0.05, 0.1) is 19.3 Å². The normalized spacial score (nSPS) is 21.2. The average molecular weight is 374 g/mol. The number of carbonyl (C=O) groups is 1. The molecule has 1 aromatic rings. The van der Waals surface area contributed by atoms with Gasteiger partial charge in [-0.25, -0.2) is 4.98 Å². The number of hydrogen-bond acceptors (Lipinski definition) is 4. The third-order valence-electron chi connectivity index (χ3n) is 5.45. The summed E-state index contributed by atoms with van der Waals surface area (Å²) in [7, 11) is 3.37. The van der Waals surface area contributed by atoms with Crippen molar-refractivity contribution < 1.29 is 9.53 Å². The summed E-state index contributed by atoms with van der Waals surface area (Å²) in [5.74, 6) is 1.93. The van der Waals surface area contributed by atoms with Crippen LogP contribution in [0.25, 0.3) is 0 Å². The molecule has 1 amide bonds. The first-order valence-corrected chi connectivity index (χ1v) is 9.95. The lowest BCUT2D eigenvalue weighted by molar-refractivity contribution is -0.135. The van der Waals surface area contributed by atoms with Gasteiger partial charge >= 0.3 is 0 Å². The lowest BCUT2D eigenvalue weighted by Gasteiger charge is -2.26. The highest BCUT2D eigenvalue weighted by Gasteiger charge is 2.31. The SMILES string of the molecule is CN=C(NCc1cccc(OC)n1)NC1CCN(C(=O)C2CCCCC2)C1. The van der Waals surface area contributed by atoms with Crippen molar-refractivity contribution in [2.45, 2.75) is 51.1 Å². The zero-order valence-corrected chi connectivity index (χ0v) is 16.4. The van der Waals surface area contributed by atoms with Gasteiger partial charge in [0.15, 0.2) is 5.96 Å². The smallest absolute Gasteiger partial charge is 0.225 e. The van der Waals surface area contributed by atoms with E-state index in [1.807, 2.05) is 23.1 Å². The number of pyridine rings is 1. The Morgan fingerprint density at radius 1 is 1.30 bits per heavy atom. The highest BCUT2D eigenvalue weighted by atomic mass is 16.5. The molecule has 3 rings (SSSR count). The highest BCUT2D eigenvalue weighted by molar-refractivity contribution is 5.81. The maximum absolute atomic E-state index is 12.7. The van der Waals surface area contributed by atoms with Gasteiger partial charge in [-0.15, -0.1) is 0 Å². The summed E-state index contributed by atoms with van der Waals surface area (Å²) in [6.07, 6.45) is 6.74. The van der Waals surface area contributed by atoms with E-state index >= 15 is 0 Å². The Balaban J connectivity index is 1.46. The number of aromatic nitrogens is 1. The van der Waals surface area contributed by atoms with Crippen LogP contribution in [0.4, 0.5) is 0 Å². The fourth-order valence-corrected chi connectivity index (χ4v) is 3.92. The lowest BCUT2D eigenvalue weighted by atomic mass is 9.88. The third-order valence-corrected chi connectivity index (χ3v) is 5.45. The van der Waals surface area contributed by atoms with Crippen molar-refractivity contribution in [3.05, 3.63) is 23.9 Å². The quantitative estimate of drug-likeness (QED) is 0.609. The van der Waals surface area contributed by atoms with Gasteiger partial charge in [0.1, 0.15) is 0 Å². The molecule has 1 aliphatic heterocycles. The predicted octanol–water partition coefficient (Wildman–Crippen LogP) is 1.94. The van der Waals surface area contributed by atoms with Crippen LogP contribution in [0.5, 0.6) is 5.88 Å². The zero-order valence-electron chi connectivity index (χ0n) is 16.4. The minimum Gasteiger partial charge on any atom is -0.481 e. The summed E-state index contributed by atoms with van der Waals surface area (Å²) < 4.78 is 5.16. The lowest BCUT2D eigenvalue weighted by Crippen LogP contribution is -2.45. The van der Waals surface area contributed by atoms with Crippen LogP contribution in [0, 0.1) is 5.92 Å². The molecule has 1 aromatic heterocycles. The van der Waals surface area contributed by atoms with Gasteiger partial charge in [0.2, 0.25) is 11.8 Å². The number of amides is 1. The number of nitrogens with zero attached hydrogens (tertiary/aromatic N) is 3. The number of rotatable bonds is 5. The van der Waals surface area contributed by atoms with E-state index in [1.165, 1.54) is 19.3 Å². The van der Waals surface area contributed by atoms with Gasteiger partial charge in [0.25, 0.3) is 0 Å². The van der Waals surface area contributed by atoms with Crippen LogP contribution in [0.1, 0.15) is 44.2 Å². The number of nitrogens with one attached hydrogen (secondary N) is 2. The second-order valence-electron chi connectivity index (χ2n) is 7.35. The average Bonchev–Trinajstić information content (AvgIpc) is 3.19. The van der Waals surface area contributed by atoms with Crippen molar-refractivity contribution in [3.63, 3.8) is 0 Å². The molecule has 2 heterocycles. The summed E-state index contributed by atoms with van der Waals surface area (Å²) in [6.45, 7) is 2.16. The molecule has 148 valence electrons. The summed E-state index contributed by atoms with van der Waals surface area (Å²) >= 11 is 0. The van der Waals surface area contributed by atoms with E-state index in [-0.39, 0.29) is 12.0 Å². The molecule has 2 aliphatic rings. The second kappa shape index (κ2) is 9.58. The number of ether oxygens (including phenoxy) is 1. The third kappa shape index (κ3) is 5.34. The number of guanidine groups is 1. The van der Waals surface area contributed by atoms with Crippen molar-refractivity contribution in [3.8, 4) is 5.88 Å². The second-order valence-corrected chi connectivity index (χ2v) is 7.35. The van der Waals surface area contributed by atoms with Gasteiger partial charge in [-0.2, -0.15) is 0 Å². The van der Waals surface area contributed by atoms with Crippen molar-refractivity contribution >= 4 is 11.9 Å². The molecule has 27 heavy (non-hydrogen) atoms. The fourth-order valence-electron chi connectivity index (χ4n) is 3.92. The Labute approximate surface area is 161 Å². The Morgan fingerprint density at radius 2 is 2.11 bits per heavy atom. The number of aliphatic imine (C=N–C) groups is 1.